The van der Waals surface area contributed by atoms with Crippen molar-refractivity contribution in [2.45, 2.75) is 6.61 Å². The SMILES string of the molecule is COc1ccc([N+](=O)[O-])cc1NC(=O)/C(C#N)=C/c1cc(Cl)c(OCc2ccccc2Cl)c(OC)c1. The van der Waals surface area contributed by atoms with Crippen molar-refractivity contribution in [3.8, 4) is 23.3 Å². The van der Waals surface area contributed by atoms with Gasteiger partial charge in [0.2, 0.25) is 0 Å². The predicted molar refractivity (Wildman–Crippen MR) is 136 cm³/mol. The molecule has 1 amide bonds. The van der Waals surface area contributed by atoms with Crippen LogP contribution in [0.3, 0.4) is 0 Å². The summed E-state index contributed by atoms with van der Waals surface area (Å²) in [4.78, 5) is 23.2. The largest absolute Gasteiger partial charge is 0.495 e. The Kier molecular flexibility index (Phi) is 8.73. The second kappa shape index (κ2) is 11.9. The van der Waals surface area contributed by atoms with Gasteiger partial charge in [0.15, 0.2) is 11.5 Å². The maximum absolute atomic E-state index is 12.8. The van der Waals surface area contributed by atoms with E-state index in [1.165, 1.54) is 38.5 Å². The van der Waals surface area contributed by atoms with Gasteiger partial charge in [0.25, 0.3) is 11.6 Å². The van der Waals surface area contributed by atoms with Crippen molar-refractivity contribution in [3.05, 3.63) is 91.5 Å². The molecule has 3 rings (SSSR count). The Morgan fingerprint density at radius 3 is 2.44 bits per heavy atom. The summed E-state index contributed by atoms with van der Waals surface area (Å²) in [5, 5.41) is 23.8. The average molecular weight is 528 g/mol. The molecule has 0 bridgehead atoms. The highest BCUT2D eigenvalue weighted by atomic mass is 35.5. The topological polar surface area (TPSA) is 124 Å². The number of nitrogens with one attached hydrogen (secondary N) is 1. The molecule has 0 atom stereocenters. The number of anilines is 1. The van der Waals surface area contributed by atoms with Gasteiger partial charge in [-0.2, -0.15) is 5.26 Å². The van der Waals surface area contributed by atoms with Crippen LogP contribution in [0.1, 0.15) is 11.1 Å². The lowest BCUT2D eigenvalue weighted by Gasteiger charge is -2.14. The van der Waals surface area contributed by atoms with Crippen molar-refractivity contribution < 1.29 is 23.9 Å². The first-order valence-electron chi connectivity index (χ1n) is 10.3. The first-order valence-corrected chi connectivity index (χ1v) is 11.0. The van der Waals surface area contributed by atoms with Gasteiger partial charge in [-0.3, -0.25) is 14.9 Å². The fourth-order valence-corrected chi connectivity index (χ4v) is 3.60. The summed E-state index contributed by atoms with van der Waals surface area (Å²) in [7, 11) is 2.77. The summed E-state index contributed by atoms with van der Waals surface area (Å²) in [6.07, 6.45) is 1.30. The molecule has 0 saturated carbocycles. The van der Waals surface area contributed by atoms with Gasteiger partial charge in [-0.15, -0.1) is 0 Å². The van der Waals surface area contributed by atoms with E-state index in [4.69, 9.17) is 37.4 Å². The number of rotatable bonds is 9. The minimum Gasteiger partial charge on any atom is -0.495 e. The number of carbonyl (C=O) groups is 1. The van der Waals surface area contributed by atoms with E-state index in [1.807, 2.05) is 18.2 Å². The molecule has 3 aromatic carbocycles. The minimum absolute atomic E-state index is 0.0387. The smallest absolute Gasteiger partial charge is 0.271 e. The van der Waals surface area contributed by atoms with Crippen molar-refractivity contribution in [3.63, 3.8) is 0 Å². The van der Waals surface area contributed by atoms with Crippen molar-refractivity contribution in [2.24, 2.45) is 0 Å². The zero-order valence-corrected chi connectivity index (χ0v) is 20.6. The number of ether oxygens (including phenoxy) is 3. The van der Waals surface area contributed by atoms with Crippen molar-refractivity contribution in [1.82, 2.24) is 0 Å². The Bertz CT molecular complexity index is 1380. The molecule has 0 spiro atoms. The van der Waals surface area contributed by atoms with Crippen LogP contribution < -0.4 is 19.5 Å². The molecular weight excluding hydrogens is 509 g/mol. The Morgan fingerprint density at radius 1 is 1.08 bits per heavy atom. The maximum Gasteiger partial charge on any atom is 0.271 e. The van der Waals surface area contributed by atoms with Crippen LogP contribution in [0.5, 0.6) is 17.2 Å². The molecule has 0 fully saturated rings. The highest BCUT2D eigenvalue weighted by Gasteiger charge is 2.18. The van der Waals surface area contributed by atoms with E-state index < -0.39 is 10.8 Å². The van der Waals surface area contributed by atoms with Crippen molar-refractivity contribution in [2.75, 3.05) is 19.5 Å². The average Bonchev–Trinajstić information content (AvgIpc) is 2.87. The molecular formula is C25H19Cl2N3O6. The van der Waals surface area contributed by atoms with E-state index in [-0.39, 0.29) is 45.8 Å². The maximum atomic E-state index is 12.8. The number of carbonyl (C=O) groups excluding carboxylic acids is 1. The lowest BCUT2D eigenvalue weighted by molar-refractivity contribution is -0.384. The van der Waals surface area contributed by atoms with Gasteiger partial charge in [-0.25, -0.2) is 0 Å². The van der Waals surface area contributed by atoms with Gasteiger partial charge >= 0.3 is 0 Å². The zero-order valence-electron chi connectivity index (χ0n) is 19.1. The molecule has 0 saturated heterocycles. The summed E-state index contributed by atoms with van der Waals surface area (Å²) >= 11 is 12.6. The fraction of sp³-hybridized carbons (Fsp3) is 0.120. The molecule has 36 heavy (non-hydrogen) atoms. The molecule has 0 aliphatic heterocycles. The molecule has 0 heterocycles. The number of halogens is 2. The van der Waals surface area contributed by atoms with E-state index in [9.17, 15) is 20.2 Å². The van der Waals surface area contributed by atoms with Gasteiger partial charge in [0, 0.05) is 22.7 Å². The van der Waals surface area contributed by atoms with Crippen LogP contribution in [0.2, 0.25) is 10.0 Å². The summed E-state index contributed by atoms with van der Waals surface area (Å²) in [5.74, 6) is -0.0687. The van der Waals surface area contributed by atoms with E-state index >= 15 is 0 Å². The molecule has 0 radical (unpaired) electrons. The van der Waals surface area contributed by atoms with E-state index in [0.29, 0.717) is 10.6 Å². The number of nitro benzene ring substituents is 1. The number of methoxy groups -OCH3 is 2. The summed E-state index contributed by atoms with van der Waals surface area (Å²) in [5.41, 5.74) is 0.640. The first-order chi connectivity index (χ1) is 17.3. The molecule has 11 heteroatoms. The molecule has 0 aliphatic carbocycles. The van der Waals surface area contributed by atoms with Crippen LogP contribution in [0.15, 0.2) is 60.2 Å². The highest BCUT2D eigenvalue weighted by molar-refractivity contribution is 6.32. The second-order valence-corrected chi connectivity index (χ2v) is 7.99. The zero-order chi connectivity index (χ0) is 26.2. The van der Waals surface area contributed by atoms with Crippen LogP contribution >= 0.6 is 23.2 Å². The van der Waals surface area contributed by atoms with Crippen LogP contribution in [-0.2, 0) is 11.4 Å². The normalized spacial score (nSPS) is 10.8. The van der Waals surface area contributed by atoms with Crippen LogP contribution in [0.25, 0.3) is 6.08 Å². The number of nitrogens with zero attached hydrogens (tertiary/aromatic N) is 2. The summed E-state index contributed by atoms with van der Waals surface area (Å²) in [6, 6.07) is 15.8. The van der Waals surface area contributed by atoms with Crippen LogP contribution in [-0.4, -0.2) is 25.1 Å². The predicted octanol–water partition coefficient (Wildman–Crippen LogP) is 6.04. The fourth-order valence-electron chi connectivity index (χ4n) is 3.14. The number of hydrogen-bond donors (Lipinski definition) is 1. The molecule has 0 aromatic heterocycles. The van der Waals surface area contributed by atoms with Gasteiger partial charge in [-0.1, -0.05) is 41.4 Å². The van der Waals surface area contributed by atoms with E-state index in [2.05, 4.69) is 5.32 Å². The lowest BCUT2D eigenvalue weighted by Crippen LogP contribution is -2.14. The van der Waals surface area contributed by atoms with Crippen molar-refractivity contribution in [1.29, 1.82) is 5.26 Å². The summed E-state index contributed by atoms with van der Waals surface area (Å²) < 4.78 is 16.3. The van der Waals surface area contributed by atoms with Gasteiger partial charge < -0.3 is 19.5 Å². The number of hydrogen-bond acceptors (Lipinski definition) is 7. The van der Waals surface area contributed by atoms with E-state index in [0.717, 1.165) is 11.6 Å². The third-order valence-corrected chi connectivity index (χ3v) is 5.55. The minimum atomic E-state index is -0.801. The summed E-state index contributed by atoms with van der Waals surface area (Å²) in [6.45, 7) is 0.141. The van der Waals surface area contributed by atoms with Gasteiger partial charge in [0.05, 0.1) is 29.9 Å². The second-order valence-electron chi connectivity index (χ2n) is 7.18. The van der Waals surface area contributed by atoms with Crippen LogP contribution in [0, 0.1) is 21.4 Å². The van der Waals surface area contributed by atoms with Gasteiger partial charge in [-0.05, 0) is 35.9 Å². The Hall–Kier alpha value is -4.26. The Labute approximate surface area is 216 Å². The third-order valence-electron chi connectivity index (χ3n) is 4.90. The molecule has 0 unspecified atom stereocenters. The number of non-ortho nitro benzene ring substituents is 1. The molecule has 3 aromatic rings. The molecule has 184 valence electrons. The van der Waals surface area contributed by atoms with Gasteiger partial charge in [0.1, 0.15) is 24.0 Å². The highest BCUT2D eigenvalue weighted by Crippen LogP contribution is 2.38. The Morgan fingerprint density at radius 2 is 1.81 bits per heavy atom. The lowest BCUT2D eigenvalue weighted by atomic mass is 10.1. The number of benzene rings is 3. The first kappa shape index (κ1) is 26.3. The molecule has 0 aliphatic rings. The molecule has 1 N–H and O–H groups in total. The monoisotopic (exact) mass is 527 g/mol. The number of nitriles is 1. The van der Waals surface area contributed by atoms with E-state index in [1.54, 1.807) is 18.2 Å². The standard InChI is InChI=1S/C25H19Cl2N3O6/c1-34-22-8-7-18(30(32)33)12-21(22)29-25(31)17(13-28)9-15-10-20(27)24(23(11-15)35-2)36-14-16-5-3-4-6-19(16)26/h3-12H,14H2,1-2H3,(H,29,31)/b17-9+. The van der Waals surface area contributed by atoms with Crippen LogP contribution in [0.4, 0.5) is 11.4 Å². The number of amides is 1. The number of nitro groups is 1. The van der Waals surface area contributed by atoms with Crippen molar-refractivity contribution >= 4 is 46.6 Å². The Balaban J connectivity index is 1.87. The third kappa shape index (κ3) is 6.24. The molecule has 9 nitrogen and oxygen atoms in total. The quantitative estimate of drug-likeness (QED) is 0.155.